The molecule has 0 saturated carbocycles. The summed E-state index contributed by atoms with van der Waals surface area (Å²) in [6, 6.07) is 7.97. The molecule has 15 atom stereocenters. The van der Waals surface area contributed by atoms with Crippen molar-refractivity contribution in [1.82, 2.24) is 0 Å². The van der Waals surface area contributed by atoms with E-state index in [0.717, 1.165) is 12.1 Å². The van der Waals surface area contributed by atoms with Crippen LogP contribution < -0.4 is 14.9 Å². The third-order valence-corrected chi connectivity index (χ3v) is 9.52. The molecule has 54 heavy (non-hydrogen) atoms. The van der Waals surface area contributed by atoms with Crippen molar-refractivity contribution in [3.8, 4) is 34.3 Å². The molecule has 0 bridgehead atoms. The zero-order valence-corrected chi connectivity index (χ0v) is 28.6. The second-order valence-electron chi connectivity index (χ2n) is 13.1. The van der Waals surface area contributed by atoms with Crippen LogP contribution in [0.1, 0.15) is 6.92 Å². The van der Waals surface area contributed by atoms with E-state index in [9.17, 15) is 61.0 Å². The molecule has 298 valence electrons. The maximum absolute atomic E-state index is 14.1. The van der Waals surface area contributed by atoms with E-state index in [1.54, 1.807) is 0 Å². The molecule has 0 amide bonds. The van der Waals surface area contributed by atoms with Crippen LogP contribution in [0, 0.1) is 0 Å². The molecule has 0 spiro atoms. The summed E-state index contributed by atoms with van der Waals surface area (Å²) in [6.07, 6.45) is -25.9. The molecule has 20 nitrogen and oxygen atoms in total. The smallest absolute Gasteiger partial charge is 0.239 e. The van der Waals surface area contributed by atoms with Gasteiger partial charge < -0.3 is 93.7 Å². The van der Waals surface area contributed by atoms with Crippen molar-refractivity contribution in [1.29, 1.82) is 0 Å². The summed E-state index contributed by atoms with van der Waals surface area (Å²) < 4.78 is 45.5. The fourth-order valence-electron chi connectivity index (χ4n) is 6.38. The van der Waals surface area contributed by atoms with Gasteiger partial charge in [-0.2, -0.15) is 0 Å². The monoisotopic (exact) mass is 770 g/mol. The Morgan fingerprint density at radius 1 is 0.722 bits per heavy atom. The Labute approximate surface area is 305 Å². The number of hydrogen-bond donors (Lipinski definition) is 11. The Balaban J connectivity index is 1.39. The third-order valence-electron chi connectivity index (χ3n) is 9.52. The Kier molecular flexibility index (Phi) is 12.0. The van der Waals surface area contributed by atoms with Gasteiger partial charge in [0.25, 0.3) is 0 Å². The molecular weight excluding hydrogens is 728 g/mol. The lowest BCUT2D eigenvalue weighted by atomic mass is 9.97. The van der Waals surface area contributed by atoms with Crippen LogP contribution in [0.15, 0.2) is 45.6 Å². The number of phenols is 2. The molecular formula is C34H42O20. The zero-order chi connectivity index (χ0) is 39.2. The number of benzene rings is 2. The highest BCUT2D eigenvalue weighted by Gasteiger charge is 2.52. The predicted octanol–water partition coefficient (Wildman–Crippen LogP) is -3.27. The molecule has 11 N–H and O–H groups in total. The largest absolute Gasteiger partial charge is 0.508 e. The number of methoxy groups -OCH3 is 1. The first kappa shape index (κ1) is 40.0. The van der Waals surface area contributed by atoms with Crippen molar-refractivity contribution in [2.24, 2.45) is 0 Å². The van der Waals surface area contributed by atoms with Gasteiger partial charge in [0.15, 0.2) is 24.4 Å². The Morgan fingerprint density at radius 2 is 1.35 bits per heavy atom. The van der Waals surface area contributed by atoms with Gasteiger partial charge in [0.05, 0.1) is 26.4 Å². The first-order valence-electron chi connectivity index (χ1n) is 16.8. The number of aliphatic hydroxyl groups excluding tert-OH is 9. The van der Waals surface area contributed by atoms with Gasteiger partial charge in [-0.25, -0.2) is 0 Å². The average Bonchev–Trinajstić information content (AvgIpc) is 3.15. The number of aliphatic hydroxyl groups is 9. The van der Waals surface area contributed by atoms with Crippen LogP contribution in [0.25, 0.3) is 22.3 Å². The minimum absolute atomic E-state index is 0.202. The van der Waals surface area contributed by atoms with E-state index in [4.69, 9.17) is 37.6 Å². The summed E-state index contributed by atoms with van der Waals surface area (Å²) in [6.45, 7) is -0.108. The molecule has 6 rings (SSSR count). The van der Waals surface area contributed by atoms with E-state index in [2.05, 4.69) is 0 Å². The lowest BCUT2D eigenvalue weighted by Gasteiger charge is -2.46. The summed E-state index contributed by atoms with van der Waals surface area (Å²) in [5, 5.41) is 115. The number of fused-ring (bicyclic) bond motifs is 1. The molecule has 20 heteroatoms. The highest BCUT2D eigenvalue weighted by molar-refractivity contribution is 5.88. The van der Waals surface area contributed by atoms with E-state index in [-0.39, 0.29) is 16.9 Å². The standard InChI is InChI=1S/C34H42O20/c1-11-20(38)24(42)27(45)32(49-11)48-10-18-22(40)26(44)31(54-33-28(46)25(43)21(39)17(9-35)51-33)34(52-18)53-30-23(41)19-15(37)7-13(36)8-16(19)50-29(30)12-3-5-14(47-2)6-4-12/h3-8,11,17-18,20-22,24-28,31-40,42-46H,9-10H2,1-2H3/t11?,17?,18?,20-,21+,22+,24?,25-,26-,27-,28?,31?,32+,33-,34-/m0/s1. The average molecular weight is 771 g/mol. The lowest BCUT2D eigenvalue weighted by molar-refractivity contribution is -0.362. The number of aromatic hydroxyl groups is 2. The van der Waals surface area contributed by atoms with Gasteiger partial charge >= 0.3 is 0 Å². The molecule has 6 unspecified atom stereocenters. The van der Waals surface area contributed by atoms with E-state index in [1.807, 2.05) is 0 Å². The zero-order valence-electron chi connectivity index (χ0n) is 28.6. The molecule has 3 aliphatic rings. The highest BCUT2D eigenvalue weighted by Crippen LogP contribution is 2.39. The lowest BCUT2D eigenvalue weighted by Crippen LogP contribution is -2.65. The molecule has 0 radical (unpaired) electrons. The third kappa shape index (κ3) is 7.59. The van der Waals surface area contributed by atoms with Gasteiger partial charge in [0.2, 0.25) is 17.5 Å². The second kappa shape index (κ2) is 16.2. The van der Waals surface area contributed by atoms with Gasteiger partial charge in [-0.05, 0) is 31.2 Å². The quantitative estimate of drug-likeness (QED) is 0.0964. The van der Waals surface area contributed by atoms with E-state index < -0.39 is 133 Å². The Bertz CT molecular complexity index is 1800. The minimum Gasteiger partial charge on any atom is -0.508 e. The molecule has 4 heterocycles. The van der Waals surface area contributed by atoms with Crippen LogP contribution in [0.5, 0.6) is 23.0 Å². The maximum atomic E-state index is 14.1. The summed E-state index contributed by atoms with van der Waals surface area (Å²) in [7, 11) is 1.42. The molecule has 3 saturated heterocycles. The number of ether oxygens (including phenoxy) is 7. The van der Waals surface area contributed by atoms with E-state index in [1.165, 1.54) is 38.3 Å². The number of rotatable bonds is 10. The SMILES string of the molecule is COc1ccc(-c2oc3cc(O)cc(O)c3c(=O)c2O[C@@H]2OC(CO[C@@H]3OC(C)[C@H](O)C(O)[C@@H]3O)[C@@H](O)[C@H](O)C2O[C@@H]2OC(CO)[C@@H](O)[C@H](O)C2O)cc1. The second-order valence-corrected chi connectivity index (χ2v) is 13.1. The van der Waals surface area contributed by atoms with Crippen LogP contribution in [0.2, 0.25) is 0 Å². The topological polar surface area (TPSA) is 317 Å². The van der Waals surface area contributed by atoms with E-state index >= 15 is 0 Å². The number of phenolic OH excluding ortho intramolecular Hbond substituents is 2. The van der Waals surface area contributed by atoms with Crippen LogP contribution in [-0.2, 0) is 23.7 Å². The summed E-state index contributed by atoms with van der Waals surface area (Å²) >= 11 is 0. The van der Waals surface area contributed by atoms with Crippen molar-refractivity contribution in [2.75, 3.05) is 20.3 Å². The fourth-order valence-corrected chi connectivity index (χ4v) is 6.38. The maximum Gasteiger partial charge on any atom is 0.239 e. The van der Waals surface area contributed by atoms with Gasteiger partial charge in [-0.1, -0.05) is 0 Å². The van der Waals surface area contributed by atoms with Crippen molar-refractivity contribution < 1.29 is 93.7 Å². The first-order chi connectivity index (χ1) is 25.6. The first-order valence-corrected chi connectivity index (χ1v) is 16.8. The van der Waals surface area contributed by atoms with Gasteiger partial charge in [-0.15, -0.1) is 0 Å². The molecule has 3 aliphatic heterocycles. The molecule has 0 aliphatic carbocycles. The summed E-state index contributed by atoms with van der Waals surface area (Å²) in [4.78, 5) is 14.1. The summed E-state index contributed by atoms with van der Waals surface area (Å²) in [5.74, 6) is -1.65. The number of hydrogen-bond acceptors (Lipinski definition) is 20. The van der Waals surface area contributed by atoms with Crippen LogP contribution in [0.4, 0.5) is 0 Å². The Hall–Kier alpha value is -3.71. The van der Waals surface area contributed by atoms with Crippen molar-refractivity contribution >= 4 is 11.0 Å². The van der Waals surface area contributed by atoms with Crippen molar-refractivity contribution in [3.05, 3.63) is 46.6 Å². The van der Waals surface area contributed by atoms with Crippen LogP contribution in [-0.4, -0.2) is 169 Å². The molecule has 3 fully saturated rings. The van der Waals surface area contributed by atoms with Crippen LogP contribution in [0.3, 0.4) is 0 Å². The van der Waals surface area contributed by atoms with Gasteiger partial charge in [0.1, 0.15) is 89.3 Å². The van der Waals surface area contributed by atoms with Crippen molar-refractivity contribution in [3.63, 3.8) is 0 Å². The summed E-state index contributed by atoms with van der Waals surface area (Å²) in [5.41, 5.74) is -1.07. The Morgan fingerprint density at radius 3 is 2.02 bits per heavy atom. The molecule has 1 aromatic heterocycles. The normalized spacial score (nSPS) is 37.3. The van der Waals surface area contributed by atoms with E-state index in [0.29, 0.717) is 5.75 Å². The highest BCUT2D eigenvalue weighted by atomic mass is 16.8. The molecule has 3 aromatic rings. The van der Waals surface area contributed by atoms with Crippen molar-refractivity contribution in [2.45, 2.75) is 99.0 Å². The van der Waals surface area contributed by atoms with Gasteiger partial charge in [0, 0.05) is 17.7 Å². The van der Waals surface area contributed by atoms with Crippen LogP contribution >= 0.6 is 0 Å². The minimum atomic E-state index is -2.05. The fraction of sp³-hybridized carbons (Fsp3) is 0.559. The van der Waals surface area contributed by atoms with Gasteiger partial charge in [-0.3, -0.25) is 4.79 Å². The predicted molar refractivity (Wildman–Crippen MR) is 176 cm³/mol. The molecule has 2 aromatic carbocycles.